The molecule has 1 aliphatic heterocycles. The predicted octanol–water partition coefficient (Wildman–Crippen LogP) is 5.37. The molecule has 0 saturated carbocycles. The van der Waals surface area contributed by atoms with Crippen LogP contribution in [0, 0.1) is 0 Å². The number of fused-ring (bicyclic) bond motifs is 1. The third-order valence-corrected chi connectivity index (χ3v) is 7.95. The number of rotatable bonds is 11. The van der Waals surface area contributed by atoms with Gasteiger partial charge in [-0.15, -0.1) is 0 Å². The number of nitrogens with zero attached hydrogens (tertiary/aromatic N) is 6. The first kappa shape index (κ1) is 29.2. The second kappa shape index (κ2) is 13.1. The molecule has 0 radical (unpaired) electrons. The molecular formula is C32H41N9O. The molecule has 0 aliphatic carbocycles. The highest BCUT2D eigenvalue weighted by Crippen LogP contribution is 2.37. The summed E-state index contributed by atoms with van der Waals surface area (Å²) in [4.78, 5) is 23.3. The van der Waals surface area contributed by atoms with Gasteiger partial charge in [-0.25, -0.2) is 4.98 Å². The van der Waals surface area contributed by atoms with E-state index in [1.165, 1.54) is 11.3 Å². The minimum absolute atomic E-state index is 0.457. The van der Waals surface area contributed by atoms with Gasteiger partial charge < -0.3 is 30.5 Å². The third-order valence-electron chi connectivity index (χ3n) is 7.95. The van der Waals surface area contributed by atoms with E-state index in [1.807, 2.05) is 19.2 Å². The summed E-state index contributed by atoms with van der Waals surface area (Å²) < 4.78 is 5.86. The summed E-state index contributed by atoms with van der Waals surface area (Å²) in [7, 11) is 7.96. The van der Waals surface area contributed by atoms with Gasteiger partial charge in [-0.2, -0.15) is 4.98 Å². The van der Waals surface area contributed by atoms with Crippen molar-refractivity contribution in [2.45, 2.75) is 38.8 Å². The lowest BCUT2D eigenvalue weighted by Gasteiger charge is -2.37. The third kappa shape index (κ3) is 6.14. The fraction of sp³-hybridized carbons (Fsp3) is 0.375. The summed E-state index contributed by atoms with van der Waals surface area (Å²) in [6.45, 7) is 8.84. The molecule has 1 fully saturated rings. The number of aryl methyl sites for hydroxylation is 1. The lowest BCUT2D eigenvalue weighted by atomic mass is 10.0. The molecule has 2 aromatic heterocycles. The topological polar surface area (TPSA) is 103 Å². The molecule has 1 aliphatic rings. The highest BCUT2D eigenvalue weighted by atomic mass is 16.5. The fourth-order valence-corrected chi connectivity index (χ4v) is 5.60. The van der Waals surface area contributed by atoms with Gasteiger partial charge in [0.05, 0.1) is 23.8 Å². The van der Waals surface area contributed by atoms with E-state index in [1.54, 1.807) is 31.8 Å². The number of hydrogen-bond donors (Lipinski definition) is 3. The second-order valence-electron chi connectivity index (χ2n) is 10.7. The van der Waals surface area contributed by atoms with Crippen LogP contribution in [0.5, 0.6) is 5.75 Å². The molecule has 10 heteroatoms. The van der Waals surface area contributed by atoms with E-state index in [0.29, 0.717) is 24.4 Å². The zero-order valence-electron chi connectivity index (χ0n) is 25.2. The summed E-state index contributed by atoms with van der Waals surface area (Å²) in [6, 6.07) is 8.90. The lowest BCUT2D eigenvalue weighted by molar-refractivity contribution is 0.249. The average molecular weight is 568 g/mol. The number of methoxy groups -OCH3 is 1. The summed E-state index contributed by atoms with van der Waals surface area (Å²) in [5.74, 6) is 1.85. The number of nitrogens with one attached hydrogen (secondary N) is 3. The largest absolute Gasteiger partial charge is 0.494 e. The van der Waals surface area contributed by atoms with Crippen LogP contribution in [0.15, 0.2) is 49.4 Å². The summed E-state index contributed by atoms with van der Waals surface area (Å²) in [5, 5.41) is 10.2. The van der Waals surface area contributed by atoms with Crippen molar-refractivity contribution < 1.29 is 4.74 Å². The van der Waals surface area contributed by atoms with Crippen molar-refractivity contribution in [1.29, 1.82) is 0 Å². The molecule has 0 spiro atoms. The molecule has 42 heavy (non-hydrogen) atoms. The second-order valence-corrected chi connectivity index (χ2v) is 10.7. The van der Waals surface area contributed by atoms with Crippen LogP contribution >= 0.6 is 0 Å². The summed E-state index contributed by atoms with van der Waals surface area (Å²) >= 11 is 0. The molecule has 0 amide bonds. The lowest BCUT2D eigenvalue weighted by Crippen LogP contribution is -2.42. The maximum Gasteiger partial charge on any atom is 0.229 e. The SMILES string of the molecule is C=Cc1cnc(Nc2cc(CC)c(N3CCC(N(C)C)CC3)cc2OC)nc1Nc1ccc2nccnc2c1CNC. The van der Waals surface area contributed by atoms with Crippen molar-refractivity contribution >= 4 is 45.9 Å². The van der Waals surface area contributed by atoms with Crippen LogP contribution in [0.2, 0.25) is 0 Å². The maximum atomic E-state index is 5.86. The molecule has 5 rings (SSSR count). The van der Waals surface area contributed by atoms with Crippen molar-refractivity contribution in [3.63, 3.8) is 0 Å². The van der Waals surface area contributed by atoms with Crippen molar-refractivity contribution in [1.82, 2.24) is 30.2 Å². The molecule has 220 valence electrons. The number of hydrogen-bond acceptors (Lipinski definition) is 10. The number of anilines is 5. The first-order valence-corrected chi connectivity index (χ1v) is 14.5. The van der Waals surface area contributed by atoms with Gasteiger partial charge in [-0.05, 0) is 64.2 Å². The zero-order valence-corrected chi connectivity index (χ0v) is 25.2. The normalized spacial score (nSPS) is 13.9. The minimum Gasteiger partial charge on any atom is -0.494 e. The maximum absolute atomic E-state index is 5.86. The zero-order chi connectivity index (χ0) is 29.6. The first-order chi connectivity index (χ1) is 20.4. The van der Waals surface area contributed by atoms with Crippen molar-refractivity contribution in [2.24, 2.45) is 0 Å². The van der Waals surface area contributed by atoms with Crippen molar-refractivity contribution in [2.75, 3.05) is 56.9 Å². The highest BCUT2D eigenvalue weighted by molar-refractivity contribution is 5.85. The van der Waals surface area contributed by atoms with Gasteiger partial charge in [0.1, 0.15) is 11.6 Å². The molecule has 10 nitrogen and oxygen atoms in total. The van der Waals surface area contributed by atoms with Gasteiger partial charge in [0, 0.05) is 72.8 Å². The van der Waals surface area contributed by atoms with E-state index < -0.39 is 0 Å². The Kier molecular flexibility index (Phi) is 9.14. The fourth-order valence-electron chi connectivity index (χ4n) is 5.60. The van der Waals surface area contributed by atoms with Gasteiger partial charge >= 0.3 is 0 Å². The minimum atomic E-state index is 0.457. The Hall–Kier alpha value is -4.28. The van der Waals surface area contributed by atoms with E-state index in [9.17, 15) is 0 Å². The van der Waals surface area contributed by atoms with E-state index in [2.05, 4.69) is 80.4 Å². The number of aromatic nitrogens is 4. The van der Waals surface area contributed by atoms with Crippen LogP contribution in [0.3, 0.4) is 0 Å². The Morgan fingerprint density at radius 1 is 1.07 bits per heavy atom. The van der Waals surface area contributed by atoms with Crippen LogP contribution < -0.4 is 25.6 Å². The predicted molar refractivity (Wildman–Crippen MR) is 172 cm³/mol. The van der Waals surface area contributed by atoms with Crippen LogP contribution in [-0.4, -0.2) is 72.2 Å². The molecule has 2 aromatic carbocycles. The average Bonchev–Trinajstić information content (AvgIpc) is 3.02. The Morgan fingerprint density at radius 2 is 1.86 bits per heavy atom. The highest BCUT2D eigenvalue weighted by Gasteiger charge is 2.23. The van der Waals surface area contributed by atoms with Crippen molar-refractivity contribution in [3.05, 3.63) is 66.1 Å². The Balaban J connectivity index is 1.44. The van der Waals surface area contributed by atoms with E-state index in [4.69, 9.17) is 9.72 Å². The summed E-state index contributed by atoms with van der Waals surface area (Å²) in [6.07, 6.45) is 10.1. The van der Waals surface area contributed by atoms with Gasteiger partial charge in [-0.3, -0.25) is 9.97 Å². The van der Waals surface area contributed by atoms with Gasteiger partial charge in [-0.1, -0.05) is 19.6 Å². The van der Waals surface area contributed by atoms with E-state index >= 15 is 0 Å². The molecule has 4 aromatic rings. The molecule has 0 unspecified atom stereocenters. The van der Waals surface area contributed by atoms with E-state index in [0.717, 1.165) is 71.6 Å². The van der Waals surface area contributed by atoms with E-state index in [-0.39, 0.29) is 0 Å². The molecule has 3 N–H and O–H groups in total. The quantitative estimate of drug-likeness (QED) is 0.219. The molecule has 1 saturated heterocycles. The number of ether oxygens (including phenoxy) is 1. The number of benzene rings is 2. The summed E-state index contributed by atoms with van der Waals surface area (Å²) in [5.41, 5.74) is 7.68. The Bertz CT molecular complexity index is 1550. The first-order valence-electron chi connectivity index (χ1n) is 14.5. The smallest absolute Gasteiger partial charge is 0.229 e. The molecule has 0 atom stereocenters. The Labute approximate surface area is 248 Å². The van der Waals surface area contributed by atoms with Gasteiger partial charge in [0.2, 0.25) is 5.95 Å². The molecular weight excluding hydrogens is 526 g/mol. The van der Waals surface area contributed by atoms with Crippen molar-refractivity contribution in [3.8, 4) is 5.75 Å². The van der Waals surface area contributed by atoms with Crippen LogP contribution in [-0.2, 0) is 13.0 Å². The van der Waals surface area contributed by atoms with Gasteiger partial charge in [0.15, 0.2) is 0 Å². The van der Waals surface area contributed by atoms with Crippen LogP contribution in [0.4, 0.5) is 28.8 Å². The standard InChI is InChI=1S/C32H41N9O/c1-7-21-17-27(29(42-6)18-28(21)41-15-11-23(12-16-41)40(4)5)38-32-36-19-22(8-2)31(39-32)37-25-9-10-26-30(24(25)20-33-3)35-14-13-34-26/h8-10,13-14,17-19,23,33H,2,7,11-12,15-16,20H2,1,3-6H3,(H2,36,37,38,39). The molecule has 0 bridgehead atoms. The van der Waals surface area contributed by atoms with Gasteiger partial charge in [0.25, 0.3) is 0 Å². The Morgan fingerprint density at radius 3 is 2.55 bits per heavy atom. The van der Waals surface area contributed by atoms with Crippen LogP contribution in [0.25, 0.3) is 17.1 Å². The molecule has 3 heterocycles. The number of piperidine rings is 1. The monoisotopic (exact) mass is 567 g/mol. The van der Waals surface area contributed by atoms with Crippen LogP contribution in [0.1, 0.15) is 36.5 Å².